The standard InChI is InChI=1S/C16H26N4O/c1-4-17-10-14(3)12-20-16(21)9-15(11-18-20)19-7-5-13(2)6-8-19/h9,11,13,17H,3-8,10,12H2,1-2H3. The maximum absolute atomic E-state index is 12.2. The number of hydrogen-bond donors (Lipinski definition) is 1. The maximum Gasteiger partial charge on any atom is 0.269 e. The topological polar surface area (TPSA) is 50.2 Å². The van der Waals surface area contributed by atoms with Crippen LogP contribution in [0.25, 0.3) is 0 Å². The van der Waals surface area contributed by atoms with Crippen molar-refractivity contribution in [1.29, 1.82) is 0 Å². The van der Waals surface area contributed by atoms with Gasteiger partial charge in [0.1, 0.15) is 0 Å². The van der Waals surface area contributed by atoms with Crippen molar-refractivity contribution in [3.63, 3.8) is 0 Å². The molecule has 1 aliphatic rings. The first-order valence-corrected chi connectivity index (χ1v) is 7.79. The third kappa shape index (κ3) is 4.43. The third-order valence-corrected chi connectivity index (χ3v) is 4.00. The van der Waals surface area contributed by atoms with E-state index in [1.165, 1.54) is 17.5 Å². The average Bonchev–Trinajstić information content (AvgIpc) is 2.48. The summed E-state index contributed by atoms with van der Waals surface area (Å²) in [4.78, 5) is 14.4. The Hall–Kier alpha value is -1.62. The van der Waals surface area contributed by atoms with E-state index in [0.29, 0.717) is 6.54 Å². The Bertz CT molecular complexity index is 529. The highest BCUT2D eigenvalue weighted by Gasteiger charge is 2.17. The van der Waals surface area contributed by atoms with Gasteiger partial charge in [-0.25, -0.2) is 4.68 Å². The fraction of sp³-hybridized carbons (Fsp3) is 0.625. The summed E-state index contributed by atoms with van der Waals surface area (Å²) in [6, 6.07) is 1.70. The molecule has 0 bridgehead atoms. The number of likely N-dealkylation sites (N-methyl/N-ethyl adjacent to an activating group) is 1. The highest BCUT2D eigenvalue weighted by molar-refractivity contribution is 5.43. The zero-order valence-electron chi connectivity index (χ0n) is 13.1. The Labute approximate surface area is 126 Å². The van der Waals surface area contributed by atoms with Crippen LogP contribution in [0.1, 0.15) is 26.7 Å². The van der Waals surface area contributed by atoms with Crippen LogP contribution in [0.15, 0.2) is 29.2 Å². The zero-order chi connectivity index (χ0) is 15.2. The van der Waals surface area contributed by atoms with Gasteiger partial charge in [0, 0.05) is 25.7 Å². The van der Waals surface area contributed by atoms with Crippen LogP contribution in [0.2, 0.25) is 0 Å². The fourth-order valence-electron chi connectivity index (χ4n) is 2.55. The predicted octanol–water partition coefficient (Wildman–Crippen LogP) is 1.65. The van der Waals surface area contributed by atoms with Crippen LogP contribution < -0.4 is 15.8 Å². The van der Waals surface area contributed by atoms with Crippen molar-refractivity contribution >= 4 is 5.69 Å². The molecule has 1 aliphatic heterocycles. The van der Waals surface area contributed by atoms with Crippen molar-refractivity contribution in [2.75, 3.05) is 31.1 Å². The van der Waals surface area contributed by atoms with Crippen LogP contribution in [-0.2, 0) is 6.54 Å². The lowest BCUT2D eigenvalue weighted by molar-refractivity contribution is 0.437. The molecule has 0 unspecified atom stereocenters. The molecule has 0 amide bonds. The normalized spacial score (nSPS) is 16.2. The lowest BCUT2D eigenvalue weighted by Crippen LogP contribution is -2.34. The molecule has 0 atom stereocenters. The van der Waals surface area contributed by atoms with E-state index in [4.69, 9.17) is 0 Å². The molecule has 1 aromatic heterocycles. The van der Waals surface area contributed by atoms with Gasteiger partial charge in [-0.15, -0.1) is 0 Å². The van der Waals surface area contributed by atoms with Crippen LogP contribution in [0.4, 0.5) is 5.69 Å². The van der Waals surface area contributed by atoms with Gasteiger partial charge in [0.15, 0.2) is 0 Å². The molecule has 0 aliphatic carbocycles. The van der Waals surface area contributed by atoms with Gasteiger partial charge in [-0.2, -0.15) is 5.10 Å². The van der Waals surface area contributed by atoms with E-state index in [-0.39, 0.29) is 5.56 Å². The van der Waals surface area contributed by atoms with Crippen molar-refractivity contribution < 1.29 is 0 Å². The first-order chi connectivity index (χ1) is 10.1. The van der Waals surface area contributed by atoms with Crippen LogP contribution in [0.5, 0.6) is 0 Å². The minimum Gasteiger partial charge on any atom is -0.370 e. The molecule has 5 heteroatoms. The van der Waals surface area contributed by atoms with E-state index in [0.717, 1.165) is 43.4 Å². The van der Waals surface area contributed by atoms with Gasteiger partial charge in [0.25, 0.3) is 5.56 Å². The van der Waals surface area contributed by atoms with Gasteiger partial charge < -0.3 is 10.2 Å². The molecule has 1 saturated heterocycles. The number of nitrogens with one attached hydrogen (secondary N) is 1. The van der Waals surface area contributed by atoms with Crippen LogP contribution in [0.3, 0.4) is 0 Å². The summed E-state index contributed by atoms with van der Waals surface area (Å²) in [5, 5.41) is 7.50. The molecular weight excluding hydrogens is 264 g/mol. The van der Waals surface area contributed by atoms with E-state index in [1.54, 1.807) is 12.3 Å². The molecule has 1 N–H and O–H groups in total. The van der Waals surface area contributed by atoms with Gasteiger partial charge in [-0.1, -0.05) is 20.4 Å². The Morgan fingerprint density at radius 2 is 2.19 bits per heavy atom. The lowest BCUT2D eigenvalue weighted by atomic mass is 9.99. The van der Waals surface area contributed by atoms with Crippen molar-refractivity contribution in [3.8, 4) is 0 Å². The molecule has 0 spiro atoms. The molecule has 2 heterocycles. The smallest absolute Gasteiger partial charge is 0.269 e. The molecule has 116 valence electrons. The van der Waals surface area contributed by atoms with Crippen molar-refractivity contribution in [3.05, 3.63) is 34.8 Å². The minimum absolute atomic E-state index is 0.0521. The summed E-state index contributed by atoms with van der Waals surface area (Å²) in [7, 11) is 0. The Balaban J connectivity index is 2.00. The zero-order valence-corrected chi connectivity index (χ0v) is 13.1. The minimum atomic E-state index is -0.0521. The Kier molecular flexibility index (Phi) is 5.56. The maximum atomic E-state index is 12.2. The van der Waals surface area contributed by atoms with Crippen LogP contribution in [-0.4, -0.2) is 36.0 Å². The second kappa shape index (κ2) is 7.41. The fourth-order valence-corrected chi connectivity index (χ4v) is 2.55. The molecule has 0 saturated carbocycles. The number of hydrogen-bond acceptors (Lipinski definition) is 4. The summed E-state index contributed by atoms with van der Waals surface area (Å²) < 4.78 is 1.48. The number of anilines is 1. The summed E-state index contributed by atoms with van der Waals surface area (Å²) in [5.41, 5.74) is 1.86. The van der Waals surface area contributed by atoms with Crippen LogP contribution in [0, 0.1) is 5.92 Å². The largest absolute Gasteiger partial charge is 0.370 e. The van der Waals surface area contributed by atoms with E-state index in [1.807, 2.05) is 6.92 Å². The highest BCUT2D eigenvalue weighted by atomic mass is 16.1. The number of rotatable bonds is 6. The highest BCUT2D eigenvalue weighted by Crippen LogP contribution is 2.20. The van der Waals surface area contributed by atoms with Crippen molar-refractivity contribution in [2.24, 2.45) is 5.92 Å². The van der Waals surface area contributed by atoms with Gasteiger partial charge in [-0.3, -0.25) is 4.79 Å². The summed E-state index contributed by atoms with van der Waals surface area (Å²) in [6.45, 7) is 12.4. The van der Waals surface area contributed by atoms with E-state index >= 15 is 0 Å². The first kappa shape index (κ1) is 15.8. The molecule has 1 fully saturated rings. The molecule has 0 aromatic carbocycles. The van der Waals surface area contributed by atoms with Gasteiger partial charge >= 0.3 is 0 Å². The second-order valence-electron chi connectivity index (χ2n) is 5.91. The lowest BCUT2D eigenvalue weighted by Gasteiger charge is -2.31. The van der Waals surface area contributed by atoms with Gasteiger partial charge in [0.05, 0.1) is 18.4 Å². The molecule has 0 radical (unpaired) electrons. The van der Waals surface area contributed by atoms with Crippen molar-refractivity contribution in [2.45, 2.75) is 33.2 Å². The first-order valence-electron chi connectivity index (χ1n) is 7.79. The SMILES string of the molecule is C=C(CNCC)Cn1ncc(N2CCC(C)CC2)cc1=O. The molecular formula is C16H26N4O. The van der Waals surface area contributed by atoms with Gasteiger partial charge in [0.2, 0.25) is 0 Å². The van der Waals surface area contributed by atoms with Crippen LogP contribution >= 0.6 is 0 Å². The predicted molar refractivity (Wildman–Crippen MR) is 86.8 cm³/mol. The Morgan fingerprint density at radius 1 is 1.48 bits per heavy atom. The van der Waals surface area contributed by atoms with Gasteiger partial charge in [-0.05, 0) is 30.9 Å². The molecule has 2 rings (SSSR count). The van der Waals surface area contributed by atoms with E-state index in [2.05, 4.69) is 28.8 Å². The number of nitrogens with zero attached hydrogens (tertiary/aromatic N) is 3. The summed E-state index contributed by atoms with van der Waals surface area (Å²) >= 11 is 0. The van der Waals surface area contributed by atoms with E-state index in [9.17, 15) is 4.79 Å². The monoisotopic (exact) mass is 290 g/mol. The second-order valence-corrected chi connectivity index (χ2v) is 5.91. The average molecular weight is 290 g/mol. The number of piperidine rings is 1. The summed E-state index contributed by atoms with van der Waals surface area (Å²) in [6.07, 6.45) is 4.17. The molecule has 5 nitrogen and oxygen atoms in total. The molecule has 21 heavy (non-hydrogen) atoms. The quantitative estimate of drug-likeness (QED) is 0.809. The Morgan fingerprint density at radius 3 is 2.81 bits per heavy atom. The number of aromatic nitrogens is 2. The third-order valence-electron chi connectivity index (χ3n) is 4.00. The van der Waals surface area contributed by atoms with Crippen molar-refractivity contribution in [1.82, 2.24) is 15.1 Å². The van der Waals surface area contributed by atoms with E-state index < -0.39 is 0 Å². The summed E-state index contributed by atoms with van der Waals surface area (Å²) in [5.74, 6) is 0.781. The molecule has 1 aromatic rings.